The lowest BCUT2D eigenvalue weighted by atomic mass is 10.3. The van der Waals surface area contributed by atoms with E-state index in [-0.39, 0.29) is 30.3 Å². The molecule has 8 heteroatoms. The number of nitrogens with one attached hydrogen (secondary N) is 2. The molecule has 0 heterocycles. The Morgan fingerprint density at radius 2 is 1.81 bits per heavy atom. The molecule has 1 aromatic carbocycles. The maximum absolute atomic E-state index is 12.0. The van der Waals surface area contributed by atoms with Crippen molar-refractivity contribution in [2.45, 2.75) is 11.3 Å². The van der Waals surface area contributed by atoms with E-state index >= 15 is 0 Å². The predicted molar refractivity (Wildman–Crippen MR) is 77.7 cm³/mol. The summed E-state index contributed by atoms with van der Waals surface area (Å²) in [6.45, 7) is 0.675. The quantitative estimate of drug-likeness (QED) is 0.632. The van der Waals surface area contributed by atoms with E-state index in [1.807, 2.05) is 0 Å². The van der Waals surface area contributed by atoms with E-state index in [1.54, 1.807) is 12.1 Å². The van der Waals surface area contributed by atoms with Gasteiger partial charge in [0.25, 0.3) is 0 Å². The average molecular weight is 316 g/mol. The zero-order valence-corrected chi connectivity index (χ0v) is 12.9. The summed E-state index contributed by atoms with van der Waals surface area (Å²) in [6, 6.07) is 6.05. The Kier molecular flexibility index (Phi) is 7.13. The predicted octanol–water partition coefficient (Wildman–Crippen LogP) is 0.126. The molecule has 0 aliphatic heterocycles. The van der Waals surface area contributed by atoms with Crippen molar-refractivity contribution >= 4 is 15.9 Å². The number of amides is 1. The summed E-state index contributed by atoms with van der Waals surface area (Å²) in [5.41, 5.74) is 0. The fourth-order valence-electron chi connectivity index (χ4n) is 1.51. The first-order valence-corrected chi connectivity index (χ1v) is 7.87. The molecule has 0 radical (unpaired) electrons. The van der Waals surface area contributed by atoms with Gasteiger partial charge in [0.2, 0.25) is 15.9 Å². The van der Waals surface area contributed by atoms with Crippen LogP contribution in [0.25, 0.3) is 0 Å². The molecule has 1 aromatic rings. The van der Waals surface area contributed by atoms with Gasteiger partial charge in [-0.1, -0.05) is 0 Å². The Balaban J connectivity index is 2.40. The number of hydrogen-bond acceptors (Lipinski definition) is 5. The molecule has 0 atom stereocenters. The fraction of sp³-hybridized carbons (Fsp3) is 0.462. The van der Waals surface area contributed by atoms with E-state index in [4.69, 9.17) is 9.47 Å². The molecule has 0 aliphatic carbocycles. The second kappa shape index (κ2) is 8.60. The van der Waals surface area contributed by atoms with E-state index in [9.17, 15) is 13.2 Å². The first-order chi connectivity index (χ1) is 9.99. The van der Waals surface area contributed by atoms with E-state index in [0.29, 0.717) is 12.4 Å². The van der Waals surface area contributed by atoms with Crippen LogP contribution in [-0.4, -0.2) is 48.2 Å². The van der Waals surface area contributed by atoms with Crippen LogP contribution in [-0.2, 0) is 19.6 Å². The minimum Gasteiger partial charge on any atom is -0.497 e. The molecule has 1 amide bonds. The zero-order valence-electron chi connectivity index (χ0n) is 12.1. The minimum absolute atomic E-state index is 0.118. The highest BCUT2D eigenvalue weighted by Crippen LogP contribution is 2.14. The van der Waals surface area contributed by atoms with E-state index in [1.165, 1.54) is 26.4 Å². The van der Waals surface area contributed by atoms with Crippen molar-refractivity contribution in [2.75, 3.05) is 33.9 Å². The molecule has 0 spiro atoms. The van der Waals surface area contributed by atoms with E-state index < -0.39 is 10.0 Å². The topological polar surface area (TPSA) is 93.7 Å². The molecule has 118 valence electrons. The van der Waals surface area contributed by atoms with Crippen LogP contribution in [0.5, 0.6) is 5.75 Å². The van der Waals surface area contributed by atoms with Gasteiger partial charge in [-0.15, -0.1) is 0 Å². The van der Waals surface area contributed by atoms with Gasteiger partial charge in [0.15, 0.2) is 0 Å². The number of ether oxygens (including phenoxy) is 2. The first-order valence-electron chi connectivity index (χ1n) is 6.39. The van der Waals surface area contributed by atoms with Crippen LogP contribution >= 0.6 is 0 Å². The number of benzene rings is 1. The van der Waals surface area contributed by atoms with Gasteiger partial charge in [-0.25, -0.2) is 13.1 Å². The van der Waals surface area contributed by atoms with Gasteiger partial charge in [-0.3, -0.25) is 4.79 Å². The first kappa shape index (κ1) is 17.4. The van der Waals surface area contributed by atoms with Crippen LogP contribution in [0.1, 0.15) is 6.42 Å². The Morgan fingerprint density at radius 3 is 2.38 bits per heavy atom. The van der Waals surface area contributed by atoms with Crippen LogP contribution in [0.4, 0.5) is 0 Å². The lowest BCUT2D eigenvalue weighted by Crippen LogP contribution is -2.35. The summed E-state index contributed by atoms with van der Waals surface area (Å²) in [4.78, 5) is 11.4. The lowest BCUT2D eigenvalue weighted by molar-refractivity contribution is -0.121. The number of rotatable bonds is 9. The number of carbonyl (C=O) groups excluding carboxylic acids is 1. The van der Waals surface area contributed by atoms with Gasteiger partial charge in [0.05, 0.1) is 18.6 Å². The van der Waals surface area contributed by atoms with E-state index in [2.05, 4.69) is 10.0 Å². The van der Waals surface area contributed by atoms with Gasteiger partial charge < -0.3 is 14.8 Å². The summed E-state index contributed by atoms with van der Waals surface area (Å²) in [5.74, 6) is 0.403. The van der Waals surface area contributed by atoms with Crippen molar-refractivity contribution in [3.05, 3.63) is 24.3 Å². The molecular weight excluding hydrogens is 296 g/mol. The molecule has 1 rings (SSSR count). The summed E-state index contributed by atoms with van der Waals surface area (Å²) < 4.78 is 36.1. The Labute approximate surface area is 124 Å². The molecule has 0 unspecified atom stereocenters. The molecule has 0 aliphatic rings. The molecule has 2 N–H and O–H groups in total. The third kappa shape index (κ3) is 6.11. The van der Waals surface area contributed by atoms with Gasteiger partial charge in [-0.2, -0.15) is 0 Å². The van der Waals surface area contributed by atoms with Crippen molar-refractivity contribution in [3.63, 3.8) is 0 Å². The molecule has 0 fully saturated rings. The van der Waals surface area contributed by atoms with E-state index in [0.717, 1.165) is 0 Å². The Hall–Kier alpha value is -1.64. The van der Waals surface area contributed by atoms with Crippen LogP contribution in [0, 0.1) is 0 Å². The number of sulfonamides is 1. The summed E-state index contributed by atoms with van der Waals surface area (Å²) >= 11 is 0. The second-order valence-corrected chi connectivity index (χ2v) is 5.93. The maximum atomic E-state index is 12.0. The van der Waals surface area contributed by atoms with Crippen LogP contribution in [0.3, 0.4) is 0 Å². The number of carbonyl (C=O) groups is 1. The highest BCUT2D eigenvalue weighted by Gasteiger charge is 2.13. The monoisotopic (exact) mass is 316 g/mol. The van der Waals surface area contributed by atoms with Gasteiger partial charge >= 0.3 is 0 Å². The normalized spacial score (nSPS) is 11.1. The summed E-state index contributed by atoms with van der Waals surface area (Å²) in [7, 11) is -0.564. The largest absolute Gasteiger partial charge is 0.497 e. The fourth-order valence-corrected chi connectivity index (χ4v) is 2.54. The van der Waals surface area contributed by atoms with Crippen molar-refractivity contribution in [1.29, 1.82) is 0 Å². The third-order valence-corrected chi connectivity index (χ3v) is 4.12. The third-order valence-electron chi connectivity index (χ3n) is 2.64. The highest BCUT2D eigenvalue weighted by atomic mass is 32.2. The summed E-state index contributed by atoms with van der Waals surface area (Å²) in [5, 5.41) is 2.59. The number of methoxy groups -OCH3 is 2. The number of hydrogen-bond donors (Lipinski definition) is 2. The van der Waals surface area contributed by atoms with Crippen molar-refractivity contribution in [3.8, 4) is 5.75 Å². The zero-order chi connectivity index (χ0) is 15.7. The molecule has 7 nitrogen and oxygen atoms in total. The Bertz CT molecular complexity index is 542. The van der Waals surface area contributed by atoms with Gasteiger partial charge in [-0.05, 0) is 24.3 Å². The second-order valence-electron chi connectivity index (χ2n) is 4.17. The van der Waals surface area contributed by atoms with Crippen molar-refractivity contribution in [1.82, 2.24) is 10.0 Å². The van der Waals surface area contributed by atoms with Gasteiger partial charge in [0.1, 0.15) is 5.75 Å². The molecule has 21 heavy (non-hydrogen) atoms. The SMILES string of the molecule is COCCC(=O)NCCNS(=O)(=O)c1ccc(OC)cc1. The molecule has 0 aromatic heterocycles. The van der Waals surface area contributed by atoms with Crippen LogP contribution in [0.2, 0.25) is 0 Å². The van der Waals surface area contributed by atoms with Crippen LogP contribution < -0.4 is 14.8 Å². The summed E-state index contributed by atoms with van der Waals surface area (Å²) in [6.07, 6.45) is 0.252. The molecule has 0 bridgehead atoms. The minimum atomic E-state index is -3.58. The molecule has 0 saturated carbocycles. The van der Waals surface area contributed by atoms with Crippen molar-refractivity contribution < 1.29 is 22.7 Å². The lowest BCUT2D eigenvalue weighted by Gasteiger charge is -2.08. The Morgan fingerprint density at radius 1 is 1.14 bits per heavy atom. The average Bonchev–Trinajstić information content (AvgIpc) is 2.49. The molecule has 0 saturated heterocycles. The maximum Gasteiger partial charge on any atom is 0.240 e. The van der Waals surface area contributed by atoms with Gasteiger partial charge in [0, 0.05) is 26.6 Å². The van der Waals surface area contributed by atoms with Crippen LogP contribution in [0.15, 0.2) is 29.2 Å². The van der Waals surface area contributed by atoms with Crippen molar-refractivity contribution in [2.24, 2.45) is 0 Å². The standard InChI is InChI=1S/C13H20N2O5S/c1-19-10-7-13(16)14-8-9-15-21(17,18)12-5-3-11(20-2)4-6-12/h3-6,15H,7-10H2,1-2H3,(H,14,16). The highest BCUT2D eigenvalue weighted by molar-refractivity contribution is 7.89. The molecular formula is C13H20N2O5S. The smallest absolute Gasteiger partial charge is 0.240 e.